The largest absolute Gasteiger partial charge is 0.384 e. The SMILES string of the molecule is S=c1cc2c(c[nH]1)CCN2. The van der Waals surface area contributed by atoms with Crippen LogP contribution < -0.4 is 5.32 Å². The summed E-state index contributed by atoms with van der Waals surface area (Å²) in [5.41, 5.74) is 2.54. The fraction of sp³-hybridized carbons (Fsp3) is 0.286. The molecule has 0 radical (unpaired) electrons. The summed E-state index contributed by atoms with van der Waals surface area (Å²) in [5.74, 6) is 0. The van der Waals surface area contributed by atoms with Crippen LogP contribution in [-0.2, 0) is 6.42 Å². The van der Waals surface area contributed by atoms with Crippen LogP contribution in [0.4, 0.5) is 5.69 Å². The Labute approximate surface area is 64.3 Å². The maximum Gasteiger partial charge on any atom is 0.105 e. The van der Waals surface area contributed by atoms with Crippen molar-refractivity contribution in [2.24, 2.45) is 0 Å². The summed E-state index contributed by atoms with van der Waals surface area (Å²) in [6.45, 7) is 1.04. The molecule has 0 fully saturated rings. The lowest BCUT2D eigenvalue weighted by Gasteiger charge is -1.95. The van der Waals surface area contributed by atoms with Crippen molar-refractivity contribution < 1.29 is 0 Å². The van der Waals surface area contributed by atoms with Gasteiger partial charge in [-0.1, -0.05) is 12.2 Å². The third-order valence-corrected chi connectivity index (χ3v) is 1.96. The van der Waals surface area contributed by atoms with Gasteiger partial charge in [-0.15, -0.1) is 0 Å². The Kier molecular flexibility index (Phi) is 1.24. The molecule has 2 rings (SSSR count). The molecule has 1 aromatic heterocycles. The number of hydrogen-bond donors (Lipinski definition) is 2. The summed E-state index contributed by atoms with van der Waals surface area (Å²) in [6, 6.07) is 1.97. The fourth-order valence-corrected chi connectivity index (χ4v) is 1.38. The first-order valence-electron chi connectivity index (χ1n) is 3.32. The zero-order valence-electron chi connectivity index (χ0n) is 5.48. The van der Waals surface area contributed by atoms with Crippen molar-refractivity contribution in [3.05, 3.63) is 22.5 Å². The molecule has 2 heterocycles. The number of pyridine rings is 1. The van der Waals surface area contributed by atoms with Crippen LogP contribution in [0, 0.1) is 4.64 Å². The van der Waals surface area contributed by atoms with Gasteiger partial charge in [-0.2, -0.15) is 0 Å². The Morgan fingerprint density at radius 3 is 3.30 bits per heavy atom. The molecule has 0 aromatic carbocycles. The third kappa shape index (κ3) is 0.827. The summed E-state index contributed by atoms with van der Waals surface area (Å²) < 4.78 is 0.799. The first-order valence-corrected chi connectivity index (χ1v) is 3.72. The maximum atomic E-state index is 4.96. The molecule has 0 saturated heterocycles. The zero-order valence-corrected chi connectivity index (χ0v) is 6.29. The maximum absolute atomic E-state index is 4.96. The number of rotatable bonds is 0. The normalized spacial score (nSPS) is 14.4. The third-order valence-electron chi connectivity index (χ3n) is 1.72. The molecule has 0 aliphatic carbocycles. The molecule has 0 saturated carbocycles. The van der Waals surface area contributed by atoms with Crippen molar-refractivity contribution in [1.82, 2.24) is 4.98 Å². The second-order valence-electron chi connectivity index (χ2n) is 2.41. The minimum Gasteiger partial charge on any atom is -0.384 e. The molecule has 10 heavy (non-hydrogen) atoms. The molecule has 0 atom stereocenters. The highest BCUT2D eigenvalue weighted by molar-refractivity contribution is 7.71. The zero-order chi connectivity index (χ0) is 6.97. The van der Waals surface area contributed by atoms with Gasteiger partial charge in [0.1, 0.15) is 4.64 Å². The molecular formula is C7H8N2S. The minimum absolute atomic E-state index is 0.799. The van der Waals surface area contributed by atoms with Gasteiger partial charge in [0.05, 0.1) is 0 Å². The summed E-state index contributed by atoms with van der Waals surface area (Å²) in [4.78, 5) is 3.01. The van der Waals surface area contributed by atoms with Crippen LogP contribution in [0.1, 0.15) is 5.56 Å². The number of aromatic amines is 1. The van der Waals surface area contributed by atoms with E-state index in [1.807, 2.05) is 12.3 Å². The van der Waals surface area contributed by atoms with Crippen molar-refractivity contribution in [3.63, 3.8) is 0 Å². The van der Waals surface area contributed by atoms with Crippen LogP contribution in [0.15, 0.2) is 12.3 Å². The monoisotopic (exact) mass is 152 g/mol. The molecule has 0 bridgehead atoms. The van der Waals surface area contributed by atoms with Gasteiger partial charge in [-0.05, 0) is 18.1 Å². The Morgan fingerprint density at radius 2 is 2.40 bits per heavy atom. The number of H-pyrrole nitrogens is 1. The molecule has 52 valence electrons. The first kappa shape index (κ1) is 5.92. The molecule has 1 aromatic rings. The lowest BCUT2D eigenvalue weighted by molar-refractivity contribution is 1.09. The van der Waals surface area contributed by atoms with E-state index in [2.05, 4.69) is 10.3 Å². The van der Waals surface area contributed by atoms with Gasteiger partial charge in [-0.3, -0.25) is 0 Å². The lowest BCUT2D eigenvalue weighted by Crippen LogP contribution is -1.90. The molecule has 0 amide bonds. The van der Waals surface area contributed by atoms with Crippen LogP contribution in [-0.4, -0.2) is 11.5 Å². The van der Waals surface area contributed by atoms with E-state index < -0.39 is 0 Å². The van der Waals surface area contributed by atoms with Crippen LogP contribution in [0.2, 0.25) is 0 Å². The number of aromatic nitrogens is 1. The highest BCUT2D eigenvalue weighted by atomic mass is 32.1. The van der Waals surface area contributed by atoms with Gasteiger partial charge in [0.25, 0.3) is 0 Å². The quantitative estimate of drug-likeness (QED) is 0.554. The van der Waals surface area contributed by atoms with E-state index in [0.29, 0.717) is 0 Å². The number of anilines is 1. The Morgan fingerprint density at radius 1 is 1.50 bits per heavy atom. The summed E-state index contributed by atoms with van der Waals surface area (Å²) in [7, 11) is 0. The van der Waals surface area contributed by atoms with Gasteiger partial charge in [0, 0.05) is 18.4 Å². The van der Waals surface area contributed by atoms with Crippen molar-refractivity contribution in [2.45, 2.75) is 6.42 Å². The Bertz CT molecular complexity index is 303. The minimum atomic E-state index is 0.799. The molecule has 2 N–H and O–H groups in total. The van der Waals surface area contributed by atoms with Gasteiger partial charge in [0.15, 0.2) is 0 Å². The van der Waals surface area contributed by atoms with E-state index in [1.54, 1.807) is 0 Å². The van der Waals surface area contributed by atoms with E-state index in [9.17, 15) is 0 Å². The second-order valence-corrected chi connectivity index (χ2v) is 2.85. The molecule has 3 heteroatoms. The summed E-state index contributed by atoms with van der Waals surface area (Å²) in [6.07, 6.45) is 3.10. The van der Waals surface area contributed by atoms with Crippen molar-refractivity contribution in [3.8, 4) is 0 Å². The van der Waals surface area contributed by atoms with E-state index in [1.165, 1.54) is 11.3 Å². The van der Waals surface area contributed by atoms with E-state index in [-0.39, 0.29) is 0 Å². The highest BCUT2D eigenvalue weighted by Crippen LogP contribution is 2.19. The average molecular weight is 152 g/mol. The van der Waals surface area contributed by atoms with Gasteiger partial charge < -0.3 is 10.3 Å². The van der Waals surface area contributed by atoms with Crippen molar-refractivity contribution in [2.75, 3.05) is 11.9 Å². The molecular weight excluding hydrogens is 144 g/mol. The van der Waals surface area contributed by atoms with Crippen LogP contribution >= 0.6 is 12.2 Å². The van der Waals surface area contributed by atoms with E-state index in [0.717, 1.165) is 17.6 Å². The number of hydrogen-bond acceptors (Lipinski definition) is 2. The van der Waals surface area contributed by atoms with Crippen LogP contribution in [0.25, 0.3) is 0 Å². The van der Waals surface area contributed by atoms with Gasteiger partial charge >= 0.3 is 0 Å². The summed E-state index contributed by atoms with van der Waals surface area (Å²) in [5, 5.41) is 3.25. The topological polar surface area (TPSA) is 27.8 Å². The fourth-order valence-electron chi connectivity index (χ4n) is 1.20. The van der Waals surface area contributed by atoms with Crippen LogP contribution in [0.3, 0.4) is 0 Å². The number of nitrogens with one attached hydrogen (secondary N) is 2. The molecule has 0 spiro atoms. The van der Waals surface area contributed by atoms with Gasteiger partial charge in [-0.25, -0.2) is 0 Å². The van der Waals surface area contributed by atoms with Gasteiger partial charge in [0.2, 0.25) is 0 Å². The number of fused-ring (bicyclic) bond motifs is 1. The average Bonchev–Trinajstić information content (AvgIpc) is 2.33. The molecule has 1 aliphatic heterocycles. The predicted octanol–water partition coefficient (Wildman–Crippen LogP) is 1.71. The van der Waals surface area contributed by atoms with Crippen LogP contribution in [0.5, 0.6) is 0 Å². The Hall–Kier alpha value is -0.830. The van der Waals surface area contributed by atoms with Crippen molar-refractivity contribution in [1.29, 1.82) is 0 Å². The standard InChI is InChI=1S/C7H8N2S/c10-7-3-6-5(4-9-7)1-2-8-6/h3-4,8H,1-2H2,(H,9,10). The Balaban J connectivity index is 2.63. The molecule has 0 unspecified atom stereocenters. The second kappa shape index (κ2) is 2.09. The molecule has 1 aliphatic rings. The smallest absolute Gasteiger partial charge is 0.105 e. The first-order chi connectivity index (χ1) is 4.86. The lowest BCUT2D eigenvalue weighted by atomic mass is 10.2. The van der Waals surface area contributed by atoms with E-state index >= 15 is 0 Å². The summed E-state index contributed by atoms with van der Waals surface area (Å²) >= 11 is 4.96. The van der Waals surface area contributed by atoms with Crippen molar-refractivity contribution >= 4 is 17.9 Å². The predicted molar refractivity (Wildman–Crippen MR) is 43.8 cm³/mol. The van der Waals surface area contributed by atoms with E-state index in [4.69, 9.17) is 12.2 Å². The molecule has 2 nitrogen and oxygen atoms in total. The highest BCUT2D eigenvalue weighted by Gasteiger charge is 2.07.